The summed E-state index contributed by atoms with van der Waals surface area (Å²) in [5, 5.41) is 3.45. The minimum Gasteiger partial charge on any atom is -0.347 e. The zero-order valence-electron chi connectivity index (χ0n) is 15.8. The van der Waals surface area contributed by atoms with Crippen LogP contribution < -0.4 is 5.32 Å². The molecule has 1 aromatic heterocycles. The van der Waals surface area contributed by atoms with Crippen molar-refractivity contribution in [3.63, 3.8) is 0 Å². The van der Waals surface area contributed by atoms with E-state index < -0.39 is 18.1 Å². The summed E-state index contributed by atoms with van der Waals surface area (Å²) >= 11 is 0. The minimum atomic E-state index is -0.674. The molecule has 1 heterocycles. The Balaban J connectivity index is 1.58. The summed E-state index contributed by atoms with van der Waals surface area (Å²) in [6.07, 6.45) is 3.19. The van der Waals surface area contributed by atoms with Crippen LogP contribution in [0.1, 0.15) is 40.7 Å². The molecule has 5 nitrogen and oxygen atoms in total. The Morgan fingerprint density at radius 3 is 2.46 bits per heavy atom. The molecule has 2 aromatic carbocycles. The van der Waals surface area contributed by atoms with E-state index in [1.54, 1.807) is 6.20 Å². The first kappa shape index (κ1) is 18.2. The highest BCUT2D eigenvalue weighted by Gasteiger charge is 2.28. The summed E-state index contributed by atoms with van der Waals surface area (Å²) in [7, 11) is 0. The van der Waals surface area contributed by atoms with E-state index in [4.69, 9.17) is 0 Å². The number of fused-ring (bicyclic) bond motifs is 1. The molecule has 0 radical (unpaired) electrons. The van der Waals surface area contributed by atoms with E-state index in [1.807, 2.05) is 35.8 Å². The van der Waals surface area contributed by atoms with Gasteiger partial charge in [0.25, 0.3) is 5.91 Å². The highest BCUT2D eigenvalue weighted by Crippen LogP contribution is 2.24. The van der Waals surface area contributed by atoms with Crippen LogP contribution in [0, 0.1) is 6.92 Å². The average Bonchev–Trinajstić information content (AvgIpc) is 3.43. The van der Waals surface area contributed by atoms with Gasteiger partial charge in [0.2, 0.25) is 5.78 Å². The van der Waals surface area contributed by atoms with Gasteiger partial charge in [-0.3, -0.25) is 14.4 Å². The molecule has 1 aliphatic carbocycles. The monoisotopic (exact) mass is 374 g/mol. The number of nitrogens with zero attached hydrogens (tertiary/aromatic N) is 1. The number of carbonyl (C=O) groups excluding carboxylic acids is 3. The minimum absolute atomic E-state index is 0.1000. The maximum atomic E-state index is 12.8. The average molecular weight is 374 g/mol. The quantitative estimate of drug-likeness (QED) is 0.391. The van der Waals surface area contributed by atoms with Crippen LogP contribution in [-0.4, -0.2) is 28.1 Å². The van der Waals surface area contributed by atoms with Gasteiger partial charge in [-0.2, -0.15) is 0 Å². The number of para-hydroxylation sites is 1. The van der Waals surface area contributed by atoms with Crippen LogP contribution in [0.15, 0.2) is 54.7 Å². The number of hydrogen-bond donors (Lipinski definition) is 1. The molecule has 1 saturated carbocycles. The van der Waals surface area contributed by atoms with Gasteiger partial charge in [0.05, 0.1) is 6.42 Å². The van der Waals surface area contributed by atoms with Gasteiger partial charge in [0.1, 0.15) is 0 Å². The highest BCUT2D eigenvalue weighted by molar-refractivity contribution is 6.40. The Morgan fingerprint density at radius 1 is 1.04 bits per heavy atom. The van der Waals surface area contributed by atoms with E-state index in [-0.39, 0.29) is 11.8 Å². The van der Waals surface area contributed by atoms with Crippen LogP contribution >= 0.6 is 0 Å². The predicted octanol–water partition coefficient (Wildman–Crippen LogP) is 3.42. The van der Waals surface area contributed by atoms with Crippen molar-refractivity contribution in [2.45, 2.75) is 38.8 Å². The topological polar surface area (TPSA) is 68.2 Å². The van der Waals surface area contributed by atoms with E-state index in [0.29, 0.717) is 12.1 Å². The van der Waals surface area contributed by atoms with Crippen LogP contribution in [0.3, 0.4) is 0 Å². The van der Waals surface area contributed by atoms with E-state index in [0.717, 1.165) is 29.3 Å². The molecule has 0 bridgehead atoms. The lowest BCUT2D eigenvalue weighted by Crippen LogP contribution is -2.33. The lowest BCUT2D eigenvalue weighted by molar-refractivity contribution is -0.137. The fraction of sp³-hybridized carbons (Fsp3) is 0.261. The molecule has 28 heavy (non-hydrogen) atoms. The van der Waals surface area contributed by atoms with Crippen molar-refractivity contribution in [2.24, 2.45) is 0 Å². The number of ketones is 2. The number of benzene rings is 2. The lowest BCUT2D eigenvalue weighted by atomic mass is 10.0. The fourth-order valence-electron chi connectivity index (χ4n) is 3.30. The standard InChI is InChI=1S/C23H22N2O3/c1-15-6-8-16(9-7-15)13-25-14-19(18-4-2-3-5-20(18)25)21(26)12-22(27)23(28)24-17-10-11-17/h2-9,14,17H,10-13H2,1H3,(H,24,28). The van der Waals surface area contributed by atoms with E-state index in [9.17, 15) is 14.4 Å². The molecule has 142 valence electrons. The molecule has 1 N–H and O–H groups in total. The highest BCUT2D eigenvalue weighted by atomic mass is 16.2. The summed E-state index contributed by atoms with van der Waals surface area (Å²) < 4.78 is 2.02. The molecule has 0 aliphatic heterocycles. The first-order valence-corrected chi connectivity index (χ1v) is 9.51. The van der Waals surface area contributed by atoms with Crippen LogP contribution in [-0.2, 0) is 16.1 Å². The van der Waals surface area contributed by atoms with E-state index in [1.165, 1.54) is 5.56 Å². The molecule has 4 rings (SSSR count). The Bertz CT molecular complexity index is 1060. The van der Waals surface area contributed by atoms with Gasteiger partial charge in [-0.1, -0.05) is 48.0 Å². The number of amides is 1. The molecule has 0 unspecified atom stereocenters. The van der Waals surface area contributed by atoms with Crippen molar-refractivity contribution in [3.05, 3.63) is 71.4 Å². The molecule has 0 spiro atoms. The maximum Gasteiger partial charge on any atom is 0.288 e. The van der Waals surface area contributed by atoms with Crippen LogP contribution in [0.4, 0.5) is 0 Å². The van der Waals surface area contributed by atoms with Crippen molar-refractivity contribution >= 4 is 28.4 Å². The third kappa shape index (κ3) is 3.88. The second-order valence-corrected chi connectivity index (χ2v) is 7.44. The van der Waals surface area contributed by atoms with Crippen molar-refractivity contribution in [1.29, 1.82) is 0 Å². The second kappa shape index (κ2) is 7.43. The molecule has 1 fully saturated rings. The van der Waals surface area contributed by atoms with Gasteiger partial charge in [0.15, 0.2) is 5.78 Å². The van der Waals surface area contributed by atoms with Crippen LogP contribution in [0.2, 0.25) is 0 Å². The molecule has 5 heteroatoms. The van der Waals surface area contributed by atoms with E-state index >= 15 is 0 Å². The third-order valence-electron chi connectivity index (χ3n) is 5.05. The van der Waals surface area contributed by atoms with Gasteiger partial charge >= 0.3 is 0 Å². The number of rotatable bonds is 7. The Morgan fingerprint density at radius 2 is 1.75 bits per heavy atom. The third-order valence-corrected chi connectivity index (χ3v) is 5.05. The summed E-state index contributed by atoms with van der Waals surface area (Å²) in [4.78, 5) is 36.8. The first-order valence-electron chi connectivity index (χ1n) is 9.51. The van der Waals surface area contributed by atoms with Gasteiger partial charge in [-0.05, 0) is 31.4 Å². The molecule has 1 amide bonds. The van der Waals surface area contributed by atoms with Crippen molar-refractivity contribution in [2.75, 3.05) is 0 Å². The number of hydrogen-bond acceptors (Lipinski definition) is 3. The zero-order chi connectivity index (χ0) is 19.7. The summed E-state index contributed by atoms with van der Waals surface area (Å²) in [6, 6.07) is 16.0. The number of carbonyl (C=O) groups is 3. The van der Waals surface area contributed by atoms with Crippen molar-refractivity contribution in [3.8, 4) is 0 Å². The normalized spacial score (nSPS) is 13.5. The van der Waals surface area contributed by atoms with Gasteiger partial charge < -0.3 is 9.88 Å². The summed E-state index contributed by atoms with van der Waals surface area (Å²) in [5.74, 6) is -1.65. The maximum absolute atomic E-state index is 12.8. The zero-order valence-corrected chi connectivity index (χ0v) is 15.8. The van der Waals surface area contributed by atoms with Crippen molar-refractivity contribution in [1.82, 2.24) is 9.88 Å². The summed E-state index contributed by atoms with van der Waals surface area (Å²) in [5.41, 5.74) is 3.74. The fourth-order valence-corrected chi connectivity index (χ4v) is 3.30. The number of aromatic nitrogens is 1. The number of nitrogens with one attached hydrogen (secondary N) is 1. The largest absolute Gasteiger partial charge is 0.347 e. The molecule has 0 atom stereocenters. The van der Waals surface area contributed by atoms with Gasteiger partial charge in [0, 0.05) is 35.2 Å². The molecular formula is C23H22N2O3. The van der Waals surface area contributed by atoms with Crippen LogP contribution in [0.5, 0.6) is 0 Å². The smallest absolute Gasteiger partial charge is 0.288 e. The lowest BCUT2D eigenvalue weighted by Gasteiger charge is -2.06. The first-order chi connectivity index (χ1) is 13.5. The molecular weight excluding hydrogens is 352 g/mol. The van der Waals surface area contributed by atoms with E-state index in [2.05, 4.69) is 29.6 Å². The van der Waals surface area contributed by atoms with Gasteiger partial charge in [-0.15, -0.1) is 0 Å². The SMILES string of the molecule is Cc1ccc(Cn2cc(C(=O)CC(=O)C(=O)NC3CC3)c3ccccc32)cc1. The Kier molecular flexibility index (Phi) is 4.82. The predicted molar refractivity (Wildman–Crippen MR) is 107 cm³/mol. The van der Waals surface area contributed by atoms with Crippen molar-refractivity contribution < 1.29 is 14.4 Å². The Hall–Kier alpha value is -3.21. The Labute approximate surface area is 163 Å². The summed E-state index contributed by atoms with van der Waals surface area (Å²) in [6.45, 7) is 2.67. The van der Waals surface area contributed by atoms with Crippen LogP contribution in [0.25, 0.3) is 10.9 Å². The number of Topliss-reactive ketones (excluding diaryl/α,β-unsaturated/α-hetero) is 2. The molecule has 3 aromatic rings. The second-order valence-electron chi connectivity index (χ2n) is 7.44. The van der Waals surface area contributed by atoms with Gasteiger partial charge in [-0.25, -0.2) is 0 Å². The number of aryl methyl sites for hydroxylation is 1. The molecule has 1 aliphatic rings. The molecule has 0 saturated heterocycles.